The van der Waals surface area contributed by atoms with Crippen molar-refractivity contribution in [1.29, 1.82) is 0 Å². The molecule has 0 aliphatic rings. The number of fused-ring (bicyclic) bond motifs is 1. The number of nitrogen functional groups attached to an aromatic ring is 1. The fourth-order valence-corrected chi connectivity index (χ4v) is 5.21. The monoisotopic (exact) mass is 463 g/mol. The standard InChI is InChI=1S/C25H25N3O4S/c1-15-6-4-5-7-24(15)33(30,31)28-25(29)17-8-10-19(23(12-17)32-3)16(2)21-14-27-22-11-9-18(26)13-20(21)22/h4-14,16,27H,26H2,1-3H3,(H,28,29). The van der Waals surface area contributed by atoms with Gasteiger partial charge in [0.05, 0.1) is 12.0 Å². The summed E-state index contributed by atoms with van der Waals surface area (Å²) in [5.74, 6) is -0.305. The molecule has 1 amide bonds. The summed E-state index contributed by atoms with van der Waals surface area (Å²) >= 11 is 0. The Bertz CT molecular complexity index is 1460. The SMILES string of the molecule is COc1cc(C(=O)NS(=O)(=O)c2ccccc2C)ccc1C(C)c1c[nH]c2ccc(N)cc12. The third kappa shape index (κ3) is 4.29. The van der Waals surface area contributed by atoms with E-state index in [1.807, 2.05) is 31.3 Å². The molecule has 8 heteroatoms. The summed E-state index contributed by atoms with van der Waals surface area (Å²) in [6.07, 6.45) is 1.93. The number of nitrogens with one attached hydrogen (secondary N) is 2. The second kappa shape index (κ2) is 8.63. The molecule has 0 spiro atoms. The Kier molecular flexibility index (Phi) is 5.86. The third-order valence-electron chi connectivity index (χ3n) is 5.78. The van der Waals surface area contributed by atoms with E-state index >= 15 is 0 Å². The predicted molar refractivity (Wildman–Crippen MR) is 129 cm³/mol. The molecule has 170 valence electrons. The van der Waals surface area contributed by atoms with Gasteiger partial charge in [-0.1, -0.05) is 31.2 Å². The highest BCUT2D eigenvalue weighted by Gasteiger charge is 2.23. The summed E-state index contributed by atoms with van der Waals surface area (Å²) < 4.78 is 33.1. The largest absolute Gasteiger partial charge is 0.496 e. The van der Waals surface area contributed by atoms with Gasteiger partial charge in [-0.2, -0.15) is 0 Å². The summed E-state index contributed by atoms with van der Waals surface area (Å²) in [5, 5.41) is 1.01. The summed E-state index contributed by atoms with van der Waals surface area (Å²) in [7, 11) is -2.49. The number of aromatic nitrogens is 1. The van der Waals surface area contributed by atoms with Gasteiger partial charge in [-0.05, 0) is 54.4 Å². The second-order valence-electron chi connectivity index (χ2n) is 7.93. The van der Waals surface area contributed by atoms with Gasteiger partial charge < -0.3 is 15.5 Å². The van der Waals surface area contributed by atoms with Crippen LogP contribution < -0.4 is 15.2 Å². The molecule has 33 heavy (non-hydrogen) atoms. The Balaban J connectivity index is 1.64. The van der Waals surface area contributed by atoms with E-state index in [0.29, 0.717) is 17.0 Å². The first-order chi connectivity index (χ1) is 15.7. The first-order valence-electron chi connectivity index (χ1n) is 10.4. The predicted octanol–water partition coefficient (Wildman–Crippen LogP) is 4.34. The minimum absolute atomic E-state index is 0.0640. The molecule has 0 saturated carbocycles. The number of hydrogen-bond donors (Lipinski definition) is 3. The molecule has 1 unspecified atom stereocenters. The van der Waals surface area contributed by atoms with Crippen LogP contribution in [0.15, 0.2) is 71.8 Å². The van der Waals surface area contributed by atoms with Crippen molar-refractivity contribution in [2.24, 2.45) is 0 Å². The number of hydrogen-bond acceptors (Lipinski definition) is 5. The molecule has 1 aromatic heterocycles. The van der Waals surface area contributed by atoms with Gasteiger partial charge in [0.2, 0.25) is 0 Å². The van der Waals surface area contributed by atoms with Gasteiger partial charge in [0.1, 0.15) is 5.75 Å². The van der Waals surface area contributed by atoms with E-state index < -0.39 is 15.9 Å². The third-order valence-corrected chi connectivity index (χ3v) is 7.27. The Morgan fingerprint density at radius 1 is 1.06 bits per heavy atom. The number of carbonyl (C=O) groups is 1. The van der Waals surface area contributed by atoms with E-state index in [4.69, 9.17) is 10.5 Å². The molecular formula is C25H25N3O4S. The molecule has 1 heterocycles. The van der Waals surface area contributed by atoms with E-state index in [9.17, 15) is 13.2 Å². The zero-order valence-corrected chi connectivity index (χ0v) is 19.4. The van der Waals surface area contributed by atoms with Crippen molar-refractivity contribution < 1.29 is 17.9 Å². The quantitative estimate of drug-likeness (QED) is 0.368. The topological polar surface area (TPSA) is 114 Å². The lowest BCUT2D eigenvalue weighted by Gasteiger charge is -2.17. The van der Waals surface area contributed by atoms with Crippen molar-refractivity contribution in [3.8, 4) is 5.75 Å². The Morgan fingerprint density at radius 3 is 2.55 bits per heavy atom. The molecule has 3 aromatic carbocycles. The fraction of sp³-hybridized carbons (Fsp3) is 0.160. The van der Waals surface area contributed by atoms with Crippen LogP contribution in [0.25, 0.3) is 10.9 Å². The Labute approximate surface area is 192 Å². The lowest BCUT2D eigenvalue weighted by molar-refractivity contribution is 0.0981. The maximum absolute atomic E-state index is 12.8. The van der Waals surface area contributed by atoms with Crippen LogP contribution >= 0.6 is 0 Å². The number of aromatic amines is 1. The molecule has 0 aliphatic heterocycles. The summed E-state index contributed by atoms with van der Waals surface area (Å²) in [5.41, 5.74) is 10.3. The van der Waals surface area contributed by atoms with E-state index in [0.717, 1.165) is 22.0 Å². The van der Waals surface area contributed by atoms with Gasteiger partial charge in [-0.3, -0.25) is 4.79 Å². The zero-order valence-electron chi connectivity index (χ0n) is 18.5. The number of carbonyl (C=O) groups excluding carboxylic acids is 1. The molecule has 4 aromatic rings. The number of amides is 1. The van der Waals surface area contributed by atoms with Crippen molar-refractivity contribution in [3.63, 3.8) is 0 Å². The highest BCUT2D eigenvalue weighted by molar-refractivity contribution is 7.90. The molecule has 1 atom stereocenters. The molecule has 0 aliphatic carbocycles. The summed E-state index contributed by atoms with van der Waals surface area (Å²) in [6.45, 7) is 3.71. The van der Waals surface area contributed by atoms with Crippen LogP contribution in [0.4, 0.5) is 5.69 Å². The van der Waals surface area contributed by atoms with Crippen LogP contribution in [0.1, 0.15) is 39.9 Å². The van der Waals surface area contributed by atoms with Gasteiger partial charge in [-0.15, -0.1) is 0 Å². The molecule has 0 fully saturated rings. The number of nitrogens with two attached hydrogens (primary N) is 1. The molecule has 7 nitrogen and oxygen atoms in total. The van der Waals surface area contributed by atoms with Crippen molar-refractivity contribution >= 4 is 32.5 Å². The first kappa shape index (κ1) is 22.4. The van der Waals surface area contributed by atoms with E-state index in [1.165, 1.54) is 13.2 Å². The minimum Gasteiger partial charge on any atom is -0.496 e. The number of benzene rings is 3. The summed E-state index contributed by atoms with van der Waals surface area (Å²) in [6, 6.07) is 17.1. The van der Waals surface area contributed by atoms with Crippen LogP contribution in [-0.4, -0.2) is 26.4 Å². The molecule has 0 radical (unpaired) electrons. The molecule has 4 N–H and O–H groups in total. The number of anilines is 1. The molecule has 0 bridgehead atoms. The van der Waals surface area contributed by atoms with Crippen LogP contribution in [0, 0.1) is 6.92 Å². The van der Waals surface area contributed by atoms with Crippen LogP contribution in [0.5, 0.6) is 5.75 Å². The zero-order chi connectivity index (χ0) is 23.8. The number of ether oxygens (including phenoxy) is 1. The maximum Gasteiger partial charge on any atom is 0.265 e. The lowest BCUT2D eigenvalue weighted by Crippen LogP contribution is -2.31. The van der Waals surface area contributed by atoms with Crippen molar-refractivity contribution in [3.05, 3.63) is 89.1 Å². The van der Waals surface area contributed by atoms with Crippen molar-refractivity contribution in [1.82, 2.24) is 9.71 Å². The Hall–Kier alpha value is -3.78. The number of sulfonamides is 1. The average molecular weight is 464 g/mol. The van der Waals surface area contributed by atoms with Crippen molar-refractivity contribution in [2.45, 2.75) is 24.7 Å². The minimum atomic E-state index is -4.00. The fourth-order valence-electron chi connectivity index (χ4n) is 3.99. The van der Waals surface area contributed by atoms with E-state index in [2.05, 4.69) is 9.71 Å². The molecule has 4 rings (SSSR count). The van der Waals surface area contributed by atoms with Crippen molar-refractivity contribution in [2.75, 3.05) is 12.8 Å². The van der Waals surface area contributed by atoms with Gasteiger partial charge in [0.15, 0.2) is 0 Å². The average Bonchev–Trinajstić information content (AvgIpc) is 3.21. The summed E-state index contributed by atoms with van der Waals surface area (Å²) in [4.78, 5) is 16.1. The van der Waals surface area contributed by atoms with Gasteiger partial charge in [0, 0.05) is 39.8 Å². The number of H-pyrrole nitrogens is 1. The van der Waals surface area contributed by atoms with Crippen LogP contribution in [-0.2, 0) is 10.0 Å². The van der Waals surface area contributed by atoms with E-state index in [-0.39, 0.29) is 16.4 Å². The number of aryl methyl sites for hydroxylation is 1. The van der Waals surface area contributed by atoms with Crippen LogP contribution in [0.3, 0.4) is 0 Å². The lowest BCUT2D eigenvalue weighted by atomic mass is 9.91. The molecule has 0 saturated heterocycles. The van der Waals surface area contributed by atoms with E-state index in [1.54, 1.807) is 43.3 Å². The molecular weight excluding hydrogens is 438 g/mol. The number of methoxy groups -OCH3 is 1. The van der Waals surface area contributed by atoms with Crippen LogP contribution in [0.2, 0.25) is 0 Å². The Morgan fingerprint density at radius 2 is 1.82 bits per heavy atom. The highest BCUT2D eigenvalue weighted by atomic mass is 32.2. The second-order valence-corrected chi connectivity index (χ2v) is 9.58. The smallest absolute Gasteiger partial charge is 0.265 e. The maximum atomic E-state index is 12.8. The highest BCUT2D eigenvalue weighted by Crippen LogP contribution is 2.36. The van der Waals surface area contributed by atoms with Gasteiger partial charge in [-0.25, -0.2) is 13.1 Å². The van der Waals surface area contributed by atoms with Gasteiger partial charge in [0.25, 0.3) is 15.9 Å². The van der Waals surface area contributed by atoms with Gasteiger partial charge >= 0.3 is 0 Å². The normalized spacial score (nSPS) is 12.5. The number of rotatable bonds is 6. The first-order valence-corrected chi connectivity index (χ1v) is 11.9.